The lowest BCUT2D eigenvalue weighted by atomic mass is 9.77. The summed E-state index contributed by atoms with van der Waals surface area (Å²) in [5.74, 6) is 1.67. The molecular formula is C19H18N2O3. The molecule has 0 aromatic heterocycles. The molecule has 24 heavy (non-hydrogen) atoms. The molecular weight excluding hydrogens is 304 g/mol. The Bertz CT molecular complexity index is 879. The molecule has 0 aliphatic carbocycles. The first kappa shape index (κ1) is 13.7. The number of anilines is 2. The predicted molar refractivity (Wildman–Crippen MR) is 91.3 cm³/mol. The monoisotopic (exact) mass is 322 g/mol. The van der Waals surface area contributed by atoms with E-state index < -0.39 is 5.41 Å². The first-order valence-electron chi connectivity index (χ1n) is 8.16. The highest BCUT2D eigenvalue weighted by molar-refractivity contribution is 6.11. The Hall–Kier alpha value is -2.69. The molecule has 3 aliphatic rings. The number of para-hydroxylation sites is 1. The highest BCUT2D eigenvalue weighted by Crippen LogP contribution is 2.54. The van der Waals surface area contributed by atoms with Crippen molar-refractivity contribution in [1.29, 1.82) is 0 Å². The second-order valence-electron chi connectivity index (χ2n) is 6.66. The maximum absolute atomic E-state index is 13.2. The number of rotatable bonds is 0. The molecule has 1 amide bonds. The lowest BCUT2D eigenvalue weighted by Crippen LogP contribution is -2.41. The average Bonchev–Trinajstić information content (AvgIpc) is 3.08. The van der Waals surface area contributed by atoms with Gasteiger partial charge in [-0.05, 0) is 17.7 Å². The van der Waals surface area contributed by atoms with Crippen LogP contribution in [0.5, 0.6) is 11.5 Å². The standard InChI is InChI=1S/C19H18N2O3/c1-20-7-8-23-17-9-13-16(10-15(17)20)24-11-19(13)12-5-3-4-6-14(12)21(2)18(19)22/h3-6,9-10H,7-8,11H2,1-2H3. The Morgan fingerprint density at radius 3 is 2.71 bits per heavy atom. The molecule has 2 aromatic carbocycles. The molecule has 3 heterocycles. The van der Waals surface area contributed by atoms with Gasteiger partial charge in [0.2, 0.25) is 5.91 Å². The van der Waals surface area contributed by atoms with Gasteiger partial charge in [-0.3, -0.25) is 4.79 Å². The fourth-order valence-corrected chi connectivity index (χ4v) is 4.13. The molecule has 0 radical (unpaired) electrons. The SMILES string of the molecule is CN1CCOc2cc3c(cc21)OCC31C(=O)N(C)c2ccccc21. The van der Waals surface area contributed by atoms with Crippen molar-refractivity contribution < 1.29 is 14.3 Å². The molecule has 122 valence electrons. The third-order valence-electron chi connectivity index (χ3n) is 5.46. The summed E-state index contributed by atoms with van der Waals surface area (Å²) in [6.45, 7) is 1.84. The van der Waals surface area contributed by atoms with E-state index in [1.807, 2.05) is 50.5 Å². The van der Waals surface area contributed by atoms with E-state index in [0.29, 0.717) is 13.2 Å². The van der Waals surface area contributed by atoms with E-state index in [4.69, 9.17) is 9.47 Å². The normalized spacial score (nSPS) is 23.7. The molecule has 0 fully saturated rings. The van der Waals surface area contributed by atoms with Gasteiger partial charge in [-0.25, -0.2) is 0 Å². The minimum atomic E-state index is -0.755. The summed E-state index contributed by atoms with van der Waals surface area (Å²) in [6, 6.07) is 12.0. The Labute approximate surface area is 140 Å². The van der Waals surface area contributed by atoms with Gasteiger partial charge in [-0.15, -0.1) is 0 Å². The van der Waals surface area contributed by atoms with E-state index >= 15 is 0 Å². The topological polar surface area (TPSA) is 42.0 Å². The van der Waals surface area contributed by atoms with Crippen LogP contribution < -0.4 is 19.3 Å². The number of carbonyl (C=O) groups excluding carboxylic acids is 1. The highest BCUT2D eigenvalue weighted by atomic mass is 16.5. The highest BCUT2D eigenvalue weighted by Gasteiger charge is 2.56. The quantitative estimate of drug-likeness (QED) is 0.745. The van der Waals surface area contributed by atoms with E-state index in [9.17, 15) is 4.79 Å². The number of carbonyl (C=O) groups is 1. The van der Waals surface area contributed by atoms with Crippen molar-refractivity contribution in [2.24, 2.45) is 0 Å². The van der Waals surface area contributed by atoms with Crippen molar-refractivity contribution in [3.05, 3.63) is 47.5 Å². The molecule has 5 rings (SSSR count). The molecule has 2 aromatic rings. The van der Waals surface area contributed by atoms with Gasteiger partial charge < -0.3 is 19.3 Å². The van der Waals surface area contributed by atoms with Gasteiger partial charge in [0.15, 0.2) is 0 Å². The van der Waals surface area contributed by atoms with Crippen molar-refractivity contribution in [3.63, 3.8) is 0 Å². The number of likely N-dealkylation sites (N-methyl/N-ethyl adjacent to an activating group) is 2. The van der Waals surface area contributed by atoms with Gasteiger partial charge >= 0.3 is 0 Å². The van der Waals surface area contributed by atoms with Gasteiger partial charge in [0.1, 0.15) is 30.1 Å². The van der Waals surface area contributed by atoms with Crippen LogP contribution >= 0.6 is 0 Å². The van der Waals surface area contributed by atoms with Crippen LogP contribution in [0.1, 0.15) is 11.1 Å². The number of nitrogens with zero attached hydrogens (tertiary/aromatic N) is 2. The van der Waals surface area contributed by atoms with Crippen LogP contribution in [-0.4, -0.2) is 39.8 Å². The molecule has 5 nitrogen and oxygen atoms in total. The Balaban J connectivity index is 1.76. The summed E-state index contributed by atoms with van der Waals surface area (Å²) in [4.78, 5) is 17.1. The van der Waals surface area contributed by atoms with Crippen molar-refractivity contribution >= 4 is 17.3 Å². The van der Waals surface area contributed by atoms with Crippen LogP contribution in [0.15, 0.2) is 36.4 Å². The summed E-state index contributed by atoms with van der Waals surface area (Å²) >= 11 is 0. The third-order valence-corrected chi connectivity index (χ3v) is 5.46. The fraction of sp³-hybridized carbons (Fsp3) is 0.316. The Morgan fingerprint density at radius 1 is 1.00 bits per heavy atom. The summed E-state index contributed by atoms with van der Waals surface area (Å²) < 4.78 is 11.8. The maximum atomic E-state index is 13.2. The van der Waals surface area contributed by atoms with Gasteiger partial charge in [-0.1, -0.05) is 18.2 Å². The van der Waals surface area contributed by atoms with E-state index in [0.717, 1.165) is 40.5 Å². The second-order valence-corrected chi connectivity index (χ2v) is 6.66. The molecule has 3 aliphatic heterocycles. The van der Waals surface area contributed by atoms with E-state index in [-0.39, 0.29) is 5.91 Å². The zero-order chi connectivity index (χ0) is 16.5. The van der Waals surface area contributed by atoms with Crippen molar-refractivity contribution in [1.82, 2.24) is 0 Å². The Morgan fingerprint density at radius 2 is 1.83 bits per heavy atom. The van der Waals surface area contributed by atoms with Crippen molar-refractivity contribution in [2.75, 3.05) is 43.7 Å². The Kier molecular flexibility index (Phi) is 2.54. The van der Waals surface area contributed by atoms with Crippen LogP contribution in [0.3, 0.4) is 0 Å². The van der Waals surface area contributed by atoms with Crippen LogP contribution in [0, 0.1) is 0 Å². The lowest BCUT2D eigenvalue weighted by molar-refractivity contribution is -0.121. The van der Waals surface area contributed by atoms with Crippen molar-refractivity contribution in [3.8, 4) is 11.5 Å². The summed E-state index contributed by atoms with van der Waals surface area (Å²) in [6.07, 6.45) is 0. The van der Waals surface area contributed by atoms with Gasteiger partial charge in [-0.2, -0.15) is 0 Å². The van der Waals surface area contributed by atoms with Crippen LogP contribution in [0.25, 0.3) is 0 Å². The van der Waals surface area contributed by atoms with Gasteiger partial charge in [0.05, 0.1) is 12.2 Å². The minimum Gasteiger partial charge on any atom is -0.491 e. The number of hydrogen-bond donors (Lipinski definition) is 0. The molecule has 1 unspecified atom stereocenters. The van der Waals surface area contributed by atoms with Crippen LogP contribution in [0.4, 0.5) is 11.4 Å². The van der Waals surface area contributed by atoms with Crippen LogP contribution in [-0.2, 0) is 10.2 Å². The van der Waals surface area contributed by atoms with E-state index in [1.165, 1.54) is 0 Å². The first-order chi connectivity index (χ1) is 11.6. The number of benzene rings is 2. The van der Waals surface area contributed by atoms with Crippen molar-refractivity contribution in [2.45, 2.75) is 5.41 Å². The number of fused-ring (bicyclic) bond motifs is 5. The van der Waals surface area contributed by atoms with Crippen LogP contribution in [0.2, 0.25) is 0 Å². The lowest BCUT2D eigenvalue weighted by Gasteiger charge is -2.29. The average molecular weight is 322 g/mol. The molecule has 0 saturated carbocycles. The van der Waals surface area contributed by atoms with Gasteiger partial charge in [0, 0.05) is 31.4 Å². The number of ether oxygens (including phenoxy) is 2. The fourth-order valence-electron chi connectivity index (χ4n) is 4.13. The number of hydrogen-bond acceptors (Lipinski definition) is 4. The largest absolute Gasteiger partial charge is 0.491 e. The third kappa shape index (κ3) is 1.47. The predicted octanol–water partition coefficient (Wildman–Crippen LogP) is 2.17. The molecule has 0 saturated heterocycles. The minimum absolute atomic E-state index is 0.0616. The van der Waals surface area contributed by atoms with E-state index in [2.05, 4.69) is 4.90 Å². The molecule has 0 bridgehead atoms. The molecule has 5 heteroatoms. The molecule has 1 spiro atoms. The zero-order valence-electron chi connectivity index (χ0n) is 13.7. The van der Waals surface area contributed by atoms with E-state index in [1.54, 1.807) is 4.90 Å². The molecule has 1 atom stereocenters. The number of amides is 1. The molecule has 0 N–H and O–H groups in total. The second kappa shape index (κ2) is 4.44. The summed E-state index contributed by atoms with van der Waals surface area (Å²) in [5.41, 5.74) is 3.15. The summed E-state index contributed by atoms with van der Waals surface area (Å²) in [5, 5.41) is 0. The summed E-state index contributed by atoms with van der Waals surface area (Å²) in [7, 11) is 3.87. The maximum Gasteiger partial charge on any atom is 0.245 e. The zero-order valence-corrected chi connectivity index (χ0v) is 13.7. The smallest absolute Gasteiger partial charge is 0.245 e. The van der Waals surface area contributed by atoms with Gasteiger partial charge in [0.25, 0.3) is 0 Å². The first-order valence-corrected chi connectivity index (χ1v) is 8.16.